The Kier molecular flexibility index (Phi) is 6.59. The van der Waals surface area contributed by atoms with E-state index in [2.05, 4.69) is 18.5 Å². The average Bonchev–Trinajstić information content (AvgIpc) is 2.29. The molecule has 0 spiro atoms. The number of hydrogen-bond donors (Lipinski definition) is 1. The largest absolute Gasteiger partial charge is 0.313 e. The second-order valence-corrected chi connectivity index (χ2v) is 5.79. The van der Waals surface area contributed by atoms with Crippen LogP contribution in [0.2, 0.25) is 10.0 Å². The van der Waals surface area contributed by atoms with Crippen LogP contribution in [-0.4, -0.2) is 18.1 Å². The molecule has 1 rings (SSSR count). The van der Waals surface area contributed by atoms with Crippen molar-refractivity contribution in [3.63, 3.8) is 0 Å². The molecule has 0 amide bonds. The van der Waals surface area contributed by atoms with Crippen LogP contribution in [0.15, 0.2) is 18.2 Å². The van der Waals surface area contributed by atoms with Crippen molar-refractivity contribution in [2.75, 3.05) is 12.8 Å². The van der Waals surface area contributed by atoms with Crippen LogP contribution in [0.1, 0.15) is 18.9 Å². The van der Waals surface area contributed by atoms with Crippen molar-refractivity contribution in [1.29, 1.82) is 0 Å². The minimum Gasteiger partial charge on any atom is -0.313 e. The zero-order valence-corrected chi connectivity index (χ0v) is 11.9. The number of nitrogens with one attached hydrogen (secondary N) is 1. The average molecular weight is 278 g/mol. The van der Waals surface area contributed by atoms with Gasteiger partial charge in [0.25, 0.3) is 0 Å². The van der Waals surface area contributed by atoms with Gasteiger partial charge in [-0.05, 0) is 30.9 Å². The second-order valence-electron chi connectivity index (χ2n) is 3.72. The molecule has 1 N–H and O–H groups in total. The number of halogens is 2. The molecule has 0 saturated heterocycles. The molecule has 0 aliphatic carbocycles. The van der Waals surface area contributed by atoms with Crippen LogP contribution in [0.4, 0.5) is 0 Å². The third-order valence-electron chi connectivity index (χ3n) is 2.48. The van der Waals surface area contributed by atoms with Crippen molar-refractivity contribution in [3.8, 4) is 0 Å². The first kappa shape index (κ1) is 14.2. The summed E-state index contributed by atoms with van der Waals surface area (Å²) in [5.74, 6) is 0. The minimum absolute atomic E-state index is 0.624. The molecule has 16 heavy (non-hydrogen) atoms. The van der Waals surface area contributed by atoms with E-state index < -0.39 is 0 Å². The fourth-order valence-corrected chi connectivity index (χ4v) is 2.07. The standard InChI is InChI=1S/C12H17Cl2NS/c1-9(16-2)6-7-15-8-10-4-3-5-11(13)12(10)14/h3-5,9,15H,6-8H2,1-2H3. The van der Waals surface area contributed by atoms with Gasteiger partial charge in [-0.25, -0.2) is 0 Å². The first-order valence-corrected chi connectivity index (χ1v) is 7.36. The maximum atomic E-state index is 6.09. The van der Waals surface area contributed by atoms with Crippen molar-refractivity contribution >= 4 is 35.0 Å². The molecule has 0 bridgehead atoms. The van der Waals surface area contributed by atoms with Crippen LogP contribution < -0.4 is 5.32 Å². The summed E-state index contributed by atoms with van der Waals surface area (Å²) in [6, 6.07) is 5.73. The van der Waals surface area contributed by atoms with Crippen LogP contribution >= 0.6 is 35.0 Å². The normalized spacial score (nSPS) is 12.8. The van der Waals surface area contributed by atoms with Crippen molar-refractivity contribution < 1.29 is 0 Å². The van der Waals surface area contributed by atoms with E-state index in [0.717, 1.165) is 18.7 Å². The molecule has 90 valence electrons. The molecular formula is C12H17Cl2NS. The summed E-state index contributed by atoms with van der Waals surface area (Å²) >= 11 is 13.9. The minimum atomic E-state index is 0.624. The van der Waals surface area contributed by atoms with E-state index in [4.69, 9.17) is 23.2 Å². The summed E-state index contributed by atoms with van der Waals surface area (Å²) < 4.78 is 0. The van der Waals surface area contributed by atoms with Gasteiger partial charge in [-0.15, -0.1) is 0 Å². The SMILES string of the molecule is CSC(C)CCNCc1cccc(Cl)c1Cl. The van der Waals surface area contributed by atoms with Gasteiger partial charge in [-0.2, -0.15) is 11.8 Å². The molecule has 0 aromatic heterocycles. The Morgan fingerprint density at radius 2 is 2.12 bits per heavy atom. The van der Waals surface area contributed by atoms with E-state index in [1.165, 1.54) is 6.42 Å². The van der Waals surface area contributed by atoms with Crippen molar-refractivity contribution in [2.24, 2.45) is 0 Å². The topological polar surface area (TPSA) is 12.0 Å². The molecule has 1 nitrogen and oxygen atoms in total. The van der Waals surface area contributed by atoms with Crippen LogP contribution in [0.5, 0.6) is 0 Å². The first-order chi connectivity index (χ1) is 7.65. The molecule has 0 heterocycles. The van der Waals surface area contributed by atoms with Crippen LogP contribution in [-0.2, 0) is 6.54 Å². The molecule has 0 aliphatic rings. The number of thioether (sulfide) groups is 1. The summed E-state index contributed by atoms with van der Waals surface area (Å²) in [6.07, 6.45) is 3.30. The second kappa shape index (κ2) is 7.44. The maximum Gasteiger partial charge on any atom is 0.0637 e. The molecule has 1 unspecified atom stereocenters. The molecule has 1 aromatic rings. The van der Waals surface area contributed by atoms with Crippen LogP contribution in [0.25, 0.3) is 0 Å². The van der Waals surface area contributed by atoms with Gasteiger partial charge >= 0.3 is 0 Å². The molecule has 0 saturated carbocycles. The maximum absolute atomic E-state index is 6.09. The summed E-state index contributed by atoms with van der Waals surface area (Å²) in [4.78, 5) is 0. The highest BCUT2D eigenvalue weighted by atomic mass is 35.5. The van der Waals surface area contributed by atoms with Crippen molar-refractivity contribution in [2.45, 2.75) is 25.1 Å². The van der Waals surface area contributed by atoms with Crippen molar-refractivity contribution in [3.05, 3.63) is 33.8 Å². The fourth-order valence-electron chi connectivity index (χ4n) is 1.33. The molecule has 0 radical (unpaired) electrons. The summed E-state index contributed by atoms with van der Waals surface area (Å²) in [6.45, 7) is 4.02. The lowest BCUT2D eigenvalue weighted by Crippen LogP contribution is -2.17. The summed E-state index contributed by atoms with van der Waals surface area (Å²) in [5.41, 5.74) is 1.06. The van der Waals surface area contributed by atoms with Gasteiger partial charge in [-0.1, -0.05) is 42.3 Å². The quantitative estimate of drug-likeness (QED) is 0.782. The third kappa shape index (κ3) is 4.54. The van der Waals surface area contributed by atoms with Crippen molar-refractivity contribution in [1.82, 2.24) is 5.32 Å². The Balaban J connectivity index is 2.35. The summed E-state index contributed by atoms with van der Waals surface area (Å²) in [5, 5.41) is 5.36. The Morgan fingerprint density at radius 3 is 2.81 bits per heavy atom. The Labute approximate surface area is 112 Å². The van der Waals surface area contributed by atoms with E-state index >= 15 is 0 Å². The zero-order chi connectivity index (χ0) is 12.0. The van der Waals surface area contributed by atoms with Gasteiger partial charge in [0.1, 0.15) is 0 Å². The molecule has 1 atom stereocenters. The van der Waals surface area contributed by atoms with Crippen LogP contribution in [0.3, 0.4) is 0 Å². The van der Waals surface area contributed by atoms with E-state index in [0.29, 0.717) is 15.3 Å². The number of hydrogen-bond acceptors (Lipinski definition) is 2. The predicted octanol–water partition coefficient (Wildman–Crippen LogP) is 4.22. The highest BCUT2D eigenvalue weighted by Gasteiger charge is 2.04. The van der Waals surface area contributed by atoms with Crippen LogP contribution in [0, 0.1) is 0 Å². The first-order valence-electron chi connectivity index (χ1n) is 5.31. The zero-order valence-electron chi connectivity index (χ0n) is 9.59. The van der Waals surface area contributed by atoms with E-state index in [1.54, 1.807) is 0 Å². The highest BCUT2D eigenvalue weighted by Crippen LogP contribution is 2.25. The van der Waals surface area contributed by atoms with E-state index in [1.807, 2.05) is 30.0 Å². The van der Waals surface area contributed by atoms with Gasteiger partial charge in [0.15, 0.2) is 0 Å². The summed E-state index contributed by atoms with van der Waals surface area (Å²) in [7, 11) is 0. The molecule has 4 heteroatoms. The lowest BCUT2D eigenvalue weighted by atomic mass is 10.2. The Morgan fingerprint density at radius 1 is 1.38 bits per heavy atom. The van der Waals surface area contributed by atoms with Gasteiger partial charge in [-0.3, -0.25) is 0 Å². The fraction of sp³-hybridized carbons (Fsp3) is 0.500. The van der Waals surface area contributed by atoms with E-state index in [9.17, 15) is 0 Å². The molecular weight excluding hydrogens is 261 g/mol. The third-order valence-corrected chi connectivity index (χ3v) is 4.38. The molecule has 1 aromatic carbocycles. The van der Waals surface area contributed by atoms with Gasteiger partial charge < -0.3 is 5.32 Å². The monoisotopic (exact) mass is 277 g/mol. The molecule has 0 fully saturated rings. The highest BCUT2D eigenvalue weighted by molar-refractivity contribution is 7.99. The lowest BCUT2D eigenvalue weighted by molar-refractivity contribution is 0.648. The lowest BCUT2D eigenvalue weighted by Gasteiger charge is -2.10. The Bertz CT molecular complexity index is 331. The smallest absolute Gasteiger partial charge is 0.0637 e. The van der Waals surface area contributed by atoms with E-state index in [-0.39, 0.29) is 0 Å². The Hall–Kier alpha value is 0.110. The van der Waals surface area contributed by atoms with Gasteiger partial charge in [0.05, 0.1) is 10.0 Å². The number of rotatable bonds is 6. The van der Waals surface area contributed by atoms with Gasteiger partial charge in [0.2, 0.25) is 0 Å². The van der Waals surface area contributed by atoms with Gasteiger partial charge in [0, 0.05) is 11.8 Å². The number of benzene rings is 1. The predicted molar refractivity (Wildman–Crippen MR) is 75.8 cm³/mol. The molecule has 0 aliphatic heterocycles.